The molecule has 1 amide bonds. The summed E-state index contributed by atoms with van der Waals surface area (Å²) < 4.78 is 0. The van der Waals surface area contributed by atoms with Crippen molar-refractivity contribution in [3.05, 3.63) is 28.5 Å². The van der Waals surface area contributed by atoms with Crippen LogP contribution in [0.5, 0.6) is 0 Å². The van der Waals surface area contributed by atoms with Gasteiger partial charge in [-0.15, -0.1) is 12.3 Å². The van der Waals surface area contributed by atoms with Crippen molar-refractivity contribution in [2.24, 2.45) is 0 Å². The fraction of sp³-hybridized carbons (Fsp3) is 0.385. The first-order valence-electron chi connectivity index (χ1n) is 5.49. The zero-order valence-electron chi connectivity index (χ0n) is 9.79. The van der Waals surface area contributed by atoms with Gasteiger partial charge in [-0.3, -0.25) is 9.78 Å². The van der Waals surface area contributed by atoms with Gasteiger partial charge in [-0.2, -0.15) is 0 Å². The molecule has 4 heteroatoms. The summed E-state index contributed by atoms with van der Waals surface area (Å²) in [5.41, 5.74) is 1.20. The maximum atomic E-state index is 11.7. The highest BCUT2D eigenvalue weighted by Gasteiger charge is 2.09. The van der Waals surface area contributed by atoms with E-state index in [0.717, 1.165) is 25.0 Å². The molecular weight excluding hydrogens is 236 g/mol. The van der Waals surface area contributed by atoms with Crippen molar-refractivity contribution >= 4 is 17.5 Å². The number of amides is 1. The summed E-state index contributed by atoms with van der Waals surface area (Å²) in [5, 5.41) is 3.22. The summed E-state index contributed by atoms with van der Waals surface area (Å²) in [5.74, 6) is 2.37. The lowest BCUT2D eigenvalue weighted by atomic mass is 10.2. The molecule has 0 fully saturated rings. The Morgan fingerprint density at radius 3 is 3.00 bits per heavy atom. The molecule has 0 aromatic carbocycles. The molecule has 1 rings (SSSR count). The van der Waals surface area contributed by atoms with Crippen molar-refractivity contribution < 1.29 is 4.79 Å². The molecule has 0 aliphatic carbocycles. The first kappa shape index (κ1) is 13.5. The van der Waals surface area contributed by atoms with Gasteiger partial charge in [0.25, 0.3) is 5.91 Å². The highest BCUT2D eigenvalue weighted by atomic mass is 35.5. The molecule has 0 bridgehead atoms. The van der Waals surface area contributed by atoms with Crippen LogP contribution in [0.3, 0.4) is 0 Å². The van der Waals surface area contributed by atoms with E-state index in [0.29, 0.717) is 17.1 Å². The molecule has 1 aromatic heterocycles. The second-order valence-electron chi connectivity index (χ2n) is 3.72. The summed E-state index contributed by atoms with van der Waals surface area (Å²) in [6.07, 6.45) is 9.15. The Hall–Kier alpha value is -1.53. The molecule has 0 saturated heterocycles. The standard InChI is InChI=1S/C13H15ClN2O/c1-3-4-5-6-7-15-13(17)11-9-16-10(2)8-12(11)14/h1,8-9H,4-7H2,2H3,(H,15,17). The van der Waals surface area contributed by atoms with E-state index >= 15 is 0 Å². The number of rotatable bonds is 5. The molecule has 1 heterocycles. The highest BCUT2D eigenvalue weighted by Crippen LogP contribution is 2.15. The quantitative estimate of drug-likeness (QED) is 0.645. The number of carbonyl (C=O) groups is 1. The van der Waals surface area contributed by atoms with E-state index in [-0.39, 0.29) is 5.91 Å². The van der Waals surface area contributed by atoms with Gasteiger partial charge in [-0.05, 0) is 25.8 Å². The third-order valence-corrected chi connectivity index (χ3v) is 2.58. The van der Waals surface area contributed by atoms with Gasteiger partial charge in [0, 0.05) is 24.9 Å². The van der Waals surface area contributed by atoms with E-state index in [1.807, 2.05) is 6.92 Å². The van der Waals surface area contributed by atoms with E-state index in [1.54, 1.807) is 6.07 Å². The molecule has 1 N–H and O–H groups in total. The Kier molecular flexibility index (Phi) is 5.51. The molecule has 0 radical (unpaired) electrons. The second-order valence-corrected chi connectivity index (χ2v) is 4.13. The lowest BCUT2D eigenvalue weighted by Crippen LogP contribution is -2.24. The van der Waals surface area contributed by atoms with E-state index in [9.17, 15) is 4.79 Å². The number of aromatic nitrogens is 1. The number of nitrogens with one attached hydrogen (secondary N) is 1. The first-order chi connectivity index (χ1) is 8.15. The number of hydrogen-bond donors (Lipinski definition) is 1. The van der Waals surface area contributed by atoms with Crippen LogP contribution in [-0.4, -0.2) is 17.4 Å². The topological polar surface area (TPSA) is 42.0 Å². The second kappa shape index (κ2) is 6.93. The number of terminal acetylenes is 1. The Morgan fingerprint density at radius 1 is 1.59 bits per heavy atom. The van der Waals surface area contributed by atoms with Crippen LogP contribution in [-0.2, 0) is 0 Å². The van der Waals surface area contributed by atoms with E-state index in [2.05, 4.69) is 16.2 Å². The zero-order chi connectivity index (χ0) is 12.7. The van der Waals surface area contributed by atoms with Gasteiger partial charge in [0.15, 0.2) is 0 Å². The normalized spacial score (nSPS) is 9.71. The van der Waals surface area contributed by atoms with E-state index < -0.39 is 0 Å². The van der Waals surface area contributed by atoms with Crippen molar-refractivity contribution in [3.63, 3.8) is 0 Å². The van der Waals surface area contributed by atoms with Gasteiger partial charge >= 0.3 is 0 Å². The lowest BCUT2D eigenvalue weighted by Gasteiger charge is -2.06. The maximum absolute atomic E-state index is 11.7. The zero-order valence-corrected chi connectivity index (χ0v) is 10.5. The molecular formula is C13H15ClN2O. The van der Waals surface area contributed by atoms with Gasteiger partial charge in [0.1, 0.15) is 0 Å². The van der Waals surface area contributed by atoms with E-state index in [4.69, 9.17) is 18.0 Å². The predicted molar refractivity (Wildman–Crippen MR) is 69.0 cm³/mol. The number of pyridine rings is 1. The van der Waals surface area contributed by atoms with Crippen molar-refractivity contribution in [2.45, 2.75) is 26.2 Å². The van der Waals surface area contributed by atoms with Gasteiger partial charge in [0.2, 0.25) is 0 Å². The molecule has 0 aliphatic heterocycles. The minimum absolute atomic E-state index is 0.191. The minimum Gasteiger partial charge on any atom is -0.352 e. The van der Waals surface area contributed by atoms with Crippen LogP contribution in [0, 0.1) is 19.3 Å². The number of aryl methyl sites for hydroxylation is 1. The summed E-state index contributed by atoms with van der Waals surface area (Å²) in [7, 11) is 0. The maximum Gasteiger partial charge on any atom is 0.254 e. The van der Waals surface area contributed by atoms with Crippen molar-refractivity contribution in [1.29, 1.82) is 0 Å². The Labute approximate surface area is 107 Å². The Bertz CT molecular complexity index is 438. The molecule has 0 saturated carbocycles. The van der Waals surface area contributed by atoms with E-state index in [1.165, 1.54) is 6.20 Å². The molecule has 0 spiro atoms. The van der Waals surface area contributed by atoms with Crippen molar-refractivity contribution in [2.75, 3.05) is 6.54 Å². The van der Waals surface area contributed by atoms with Crippen LogP contribution >= 0.6 is 11.6 Å². The SMILES string of the molecule is C#CCCCCNC(=O)c1cnc(C)cc1Cl. The number of nitrogens with zero attached hydrogens (tertiary/aromatic N) is 1. The van der Waals surface area contributed by atoms with Crippen LogP contribution in [0.2, 0.25) is 5.02 Å². The van der Waals surface area contributed by atoms with Gasteiger partial charge in [-0.1, -0.05) is 11.6 Å². The van der Waals surface area contributed by atoms with Crippen LogP contribution < -0.4 is 5.32 Å². The Morgan fingerprint density at radius 2 is 2.35 bits per heavy atom. The molecule has 3 nitrogen and oxygen atoms in total. The Balaban J connectivity index is 2.45. The van der Waals surface area contributed by atoms with Crippen LogP contribution in [0.1, 0.15) is 35.3 Å². The monoisotopic (exact) mass is 250 g/mol. The van der Waals surface area contributed by atoms with Gasteiger partial charge in [0.05, 0.1) is 10.6 Å². The number of carbonyl (C=O) groups excluding carboxylic acids is 1. The number of unbranched alkanes of at least 4 members (excludes halogenated alkanes) is 2. The summed E-state index contributed by atoms with van der Waals surface area (Å²) in [6.45, 7) is 2.43. The molecule has 90 valence electrons. The number of hydrogen-bond acceptors (Lipinski definition) is 2. The third kappa shape index (κ3) is 4.46. The average molecular weight is 251 g/mol. The fourth-order valence-corrected chi connectivity index (χ4v) is 1.64. The van der Waals surface area contributed by atoms with Crippen molar-refractivity contribution in [3.8, 4) is 12.3 Å². The molecule has 0 unspecified atom stereocenters. The molecule has 0 aliphatic rings. The third-order valence-electron chi connectivity index (χ3n) is 2.27. The van der Waals surface area contributed by atoms with Crippen LogP contribution in [0.4, 0.5) is 0 Å². The molecule has 1 aromatic rings. The summed E-state index contributed by atoms with van der Waals surface area (Å²) in [6, 6.07) is 1.68. The number of halogens is 1. The van der Waals surface area contributed by atoms with Gasteiger partial charge < -0.3 is 5.32 Å². The van der Waals surface area contributed by atoms with Crippen LogP contribution in [0.25, 0.3) is 0 Å². The fourth-order valence-electron chi connectivity index (χ4n) is 1.34. The summed E-state index contributed by atoms with van der Waals surface area (Å²) in [4.78, 5) is 15.8. The predicted octanol–water partition coefficient (Wildman–Crippen LogP) is 2.58. The average Bonchev–Trinajstić information content (AvgIpc) is 2.28. The molecule has 0 atom stereocenters. The highest BCUT2D eigenvalue weighted by molar-refractivity contribution is 6.33. The van der Waals surface area contributed by atoms with Gasteiger partial charge in [-0.25, -0.2) is 0 Å². The lowest BCUT2D eigenvalue weighted by molar-refractivity contribution is 0.0953. The largest absolute Gasteiger partial charge is 0.352 e. The van der Waals surface area contributed by atoms with Crippen LogP contribution in [0.15, 0.2) is 12.3 Å². The minimum atomic E-state index is -0.191. The summed E-state index contributed by atoms with van der Waals surface area (Å²) >= 11 is 5.96. The molecule has 17 heavy (non-hydrogen) atoms. The first-order valence-corrected chi connectivity index (χ1v) is 5.86. The van der Waals surface area contributed by atoms with Crippen molar-refractivity contribution in [1.82, 2.24) is 10.3 Å². The smallest absolute Gasteiger partial charge is 0.254 e.